The number of methoxy groups -OCH3 is 1. The van der Waals surface area contributed by atoms with E-state index in [4.69, 9.17) is 28.7 Å². The van der Waals surface area contributed by atoms with Gasteiger partial charge in [-0.15, -0.1) is 0 Å². The Labute approximate surface area is 261 Å². The van der Waals surface area contributed by atoms with Gasteiger partial charge < -0.3 is 23.7 Å². The number of aromatic nitrogens is 2. The molecule has 1 aliphatic rings. The summed E-state index contributed by atoms with van der Waals surface area (Å²) in [5, 5.41) is 5.16. The molecule has 0 radical (unpaired) electrons. The Morgan fingerprint density at radius 2 is 1.78 bits per heavy atom. The minimum Gasteiger partial charge on any atom is -0.496 e. The highest BCUT2D eigenvalue weighted by Crippen LogP contribution is 2.35. The fraction of sp³-hybridized carbons (Fsp3) is 0.250. The summed E-state index contributed by atoms with van der Waals surface area (Å²) >= 11 is 0. The van der Waals surface area contributed by atoms with E-state index in [9.17, 15) is 4.79 Å². The molecule has 0 saturated heterocycles. The lowest BCUT2D eigenvalue weighted by Crippen LogP contribution is -2.20. The summed E-state index contributed by atoms with van der Waals surface area (Å²) in [6.07, 6.45) is 1.63. The second-order valence-electron chi connectivity index (χ2n) is 11.0. The van der Waals surface area contributed by atoms with Crippen LogP contribution in [0.1, 0.15) is 48.9 Å². The first-order valence-electron chi connectivity index (χ1n) is 14.9. The number of hydrogen-bond acceptors (Lipinski definition) is 8. The monoisotopic (exact) mass is 605 g/mol. The van der Waals surface area contributed by atoms with Gasteiger partial charge >= 0.3 is 0 Å². The molecule has 0 spiro atoms. The molecule has 0 saturated carbocycles. The summed E-state index contributed by atoms with van der Waals surface area (Å²) < 4.78 is 29.9. The van der Waals surface area contributed by atoms with E-state index in [0.29, 0.717) is 47.2 Å². The van der Waals surface area contributed by atoms with Gasteiger partial charge in [0.2, 0.25) is 6.79 Å². The topological polar surface area (TPSA) is 93.4 Å². The van der Waals surface area contributed by atoms with Gasteiger partial charge in [-0.2, -0.15) is 9.78 Å². The van der Waals surface area contributed by atoms with E-state index in [1.54, 1.807) is 19.4 Å². The Morgan fingerprint density at radius 3 is 2.58 bits per heavy atom. The lowest BCUT2D eigenvalue weighted by molar-refractivity contribution is 0.174. The van der Waals surface area contributed by atoms with E-state index < -0.39 is 0 Å². The molecule has 0 atom stereocenters. The Balaban J connectivity index is 1.36. The summed E-state index contributed by atoms with van der Waals surface area (Å²) in [7, 11) is 1.67. The Hall–Kier alpha value is -5.31. The van der Waals surface area contributed by atoms with Crippen molar-refractivity contribution in [2.75, 3.05) is 20.5 Å². The molecule has 6 rings (SSSR count). The third-order valence-electron chi connectivity index (χ3n) is 7.61. The quantitative estimate of drug-likeness (QED) is 0.157. The van der Waals surface area contributed by atoms with E-state index in [1.807, 2.05) is 80.6 Å². The second kappa shape index (κ2) is 12.7. The first kappa shape index (κ1) is 29.7. The number of para-hydroxylation sites is 1. The molecule has 5 aromatic rings. The van der Waals surface area contributed by atoms with Gasteiger partial charge in [-0.3, -0.25) is 4.79 Å². The van der Waals surface area contributed by atoms with Crippen LogP contribution in [-0.4, -0.2) is 36.4 Å². The van der Waals surface area contributed by atoms with Crippen LogP contribution in [0.3, 0.4) is 0 Å². The lowest BCUT2D eigenvalue weighted by Gasteiger charge is -2.17. The first-order valence-corrected chi connectivity index (χ1v) is 14.9. The minimum atomic E-state index is -0.262. The number of benzene rings is 4. The van der Waals surface area contributed by atoms with Gasteiger partial charge in [0.25, 0.3) is 5.56 Å². The van der Waals surface area contributed by atoms with Crippen molar-refractivity contribution in [1.29, 1.82) is 0 Å². The maximum absolute atomic E-state index is 13.8. The molecule has 0 amide bonds. The van der Waals surface area contributed by atoms with Crippen LogP contribution in [0.25, 0.3) is 22.3 Å². The zero-order valence-electron chi connectivity index (χ0n) is 26.0. The number of rotatable bonds is 10. The largest absolute Gasteiger partial charge is 0.496 e. The number of hydrogen-bond donors (Lipinski definition) is 0. The van der Waals surface area contributed by atoms with Crippen molar-refractivity contribution in [2.45, 2.75) is 40.2 Å². The van der Waals surface area contributed by atoms with Gasteiger partial charge in [-0.1, -0.05) is 32.0 Å². The van der Waals surface area contributed by atoms with E-state index in [1.165, 1.54) is 4.68 Å². The smallest absolute Gasteiger partial charge is 0.282 e. The second-order valence-corrected chi connectivity index (χ2v) is 11.0. The summed E-state index contributed by atoms with van der Waals surface area (Å²) in [6.45, 7) is 9.10. The summed E-state index contributed by atoms with van der Waals surface area (Å²) in [6, 6.07) is 22.6. The summed E-state index contributed by atoms with van der Waals surface area (Å²) in [5.74, 6) is 4.04. The summed E-state index contributed by atoms with van der Waals surface area (Å²) in [4.78, 5) is 18.8. The Kier molecular flexibility index (Phi) is 8.42. The summed E-state index contributed by atoms with van der Waals surface area (Å²) in [5.41, 5.74) is 4.77. The first-order chi connectivity index (χ1) is 21.9. The zero-order chi connectivity index (χ0) is 31.5. The van der Waals surface area contributed by atoms with Gasteiger partial charge in [-0.05, 0) is 96.6 Å². The normalized spacial score (nSPS) is 12.3. The van der Waals surface area contributed by atoms with Crippen molar-refractivity contribution in [2.24, 2.45) is 5.10 Å². The highest BCUT2D eigenvalue weighted by atomic mass is 16.7. The van der Waals surface area contributed by atoms with Gasteiger partial charge in [-0.25, -0.2) is 4.98 Å². The number of ether oxygens (including phenoxy) is 5. The highest BCUT2D eigenvalue weighted by molar-refractivity contribution is 5.83. The SMILES string of the molecule is CCOc1cc(C=Nn2c(-c3cc(C(C)C)c(OC)cc3C)nc3ccccc3c2=O)ccc1OCc1ccc2c(c1)OCO2. The maximum atomic E-state index is 13.8. The van der Waals surface area contributed by atoms with Gasteiger partial charge in [0.1, 0.15) is 12.4 Å². The average molecular weight is 606 g/mol. The van der Waals surface area contributed by atoms with Crippen LogP contribution < -0.4 is 29.2 Å². The van der Waals surface area contributed by atoms with E-state index in [2.05, 4.69) is 18.9 Å². The van der Waals surface area contributed by atoms with Gasteiger partial charge in [0.05, 0.1) is 30.8 Å². The van der Waals surface area contributed by atoms with Crippen molar-refractivity contribution in [3.63, 3.8) is 0 Å². The number of fused-ring (bicyclic) bond motifs is 2. The van der Waals surface area contributed by atoms with Crippen molar-refractivity contribution >= 4 is 17.1 Å². The highest BCUT2D eigenvalue weighted by Gasteiger charge is 2.19. The molecule has 2 heterocycles. The molecule has 230 valence electrons. The number of nitrogens with zero attached hydrogens (tertiary/aromatic N) is 3. The predicted octanol–water partition coefficient (Wildman–Crippen LogP) is 7.09. The van der Waals surface area contributed by atoms with Crippen LogP contribution >= 0.6 is 0 Å². The third kappa shape index (κ3) is 6.06. The van der Waals surface area contributed by atoms with E-state index in [0.717, 1.165) is 39.3 Å². The van der Waals surface area contributed by atoms with Gasteiger partial charge in [0.15, 0.2) is 28.8 Å². The van der Waals surface area contributed by atoms with Crippen LogP contribution in [-0.2, 0) is 6.61 Å². The Bertz CT molecular complexity index is 1960. The van der Waals surface area contributed by atoms with Crippen molar-refractivity contribution in [3.8, 4) is 40.1 Å². The predicted molar refractivity (Wildman–Crippen MR) is 174 cm³/mol. The molecule has 0 aliphatic carbocycles. The molecule has 1 aromatic heterocycles. The van der Waals surface area contributed by atoms with Crippen LogP contribution in [0.4, 0.5) is 0 Å². The fourth-order valence-electron chi connectivity index (χ4n) is 5.28. The standard InChI is InChI=1S/C36H35N3O6/c1-6-42-33-16-24(11-13-30(33)43-20-25-12-14-31-34(17-25)45-21-44-31)19-37-39-35(38-29-10-8-7-9-26(29)36(39)40)28-18-27(22(2)3)32(41-5)15-23(28)4/h7-19,22H,6,20-21H2,1-5H3. The van der Waals surface area contributed by atoms with E-state index >= 15 is 0 Å². The van der Waals surface area contributed by atoms with Crippen molar-refractivity contribution in [3.05, 3.63) is 105 Å². The molecule has 0 bridgehead atoms. The molecule has 0 fully saturated rings. The van der Waals surface area contributed by atoms with Crippen LogP contribution in [0.5, 0.6) is 28.7 Å². The molecule has 1 aliphatic heterocycles. The van der Waals surface area contributed by atoms with Crippen LogP contribution in [0, 0.1) is 6.92 Å². The average Bonchev–Trinajstić information content (AvgIpc) is 3.52. The van der Waals surface area contributed by atoms with Gasteiger partial charge in [0, 0.05) is 5.56 Å². The third-order valence-corrected chi connectivity index (χ3v) is 7.61. The maximum Gasteiger partial charge on any atom is 0.282 e. The molecule has 9 nitrogen and oxygen atoms in total. The number of aryl methyl sites for hydroxylation is 1. The molecular formula is C36H35N3O6. The molecule has 9 heteroatoms. The fourth-order valence-corrected chi connectivity index (χ4v) is 5.28. The Morgan fingerprint density at radius 1 is 0.956 bits per heavy atom. The zero-order valence-corrected chi connectivity index (χ0v) is 26.0. The van der Waals surface area contributed by atoms with Crippen LogP contribution in [0.2, 0.25) is 0 Å². The molecule has 0 unspecified atom stereocenters. The van der Waals surface area contributed by atoms with Crippen molar-refractivity contribution < 1.29 is 23.7 Å². The molecule has 4 aromatic carbocycles. The van der Waals surface area contributed by atoms with Crippen LogP contribution in [0.15, 0.2) is 82.7 Å². The van der Waals surface area contributed by atoms with E-state index in [-0.39, 0.29) is 18.3 Å². The molecular weight excluding hydrogens is 570 g/mol. The molecule has 45 heavy (non-hydrogen) atoms. The molecule has 0 N–H and O–H groups in total. The minimum absolute atomic E-state index is 0.200. The lowest BCUT2D eigenvalue weighted by atomic mass is 9.96. The van der Waals surface area contributed by atoms with Crippen molar-refractivity contribution in [1.82, 2.24) is 9.66 Å².